The molecule has 0 saturated carbocycles. The van der Waals surface area contributed by atoms with E-state index in [1.807, 2.05) is 0 Å². The van der Waals surface area contributed by atoms with E-state index in [4.69, 9.17) is 14.2 Å². The molecule has 472 valence electrons. The second kappa shape index (κ2) is 69.4. The van der Waals surface area contributed by atoms with Gasteiger partial charge in [-0.25, -0.2) is 0 Å². The van der Waals surface area contributed by atoms with Gasteiger partial charge in [0.2, 0.25) is 0 Å². The van der Waals surface area contributed by atoms with E-state index in [0.717, 1.165) is 83.5 Å². The van der Waals surface area contributed by atoms with Crippen LogP contribution in [-0.2, 0) is 28.6 Å². The fourth-order valence-electron chi connectivity index (χ4n) is 11.3. The third kappa shape index (κ3) is 66.7. The van der Waals surface area contributed by atoms with E-state index < -0.39 is 6.10 Å². The van der Waals surface area contributed by atoms with Crippen LogP contribution in [0.15, 0.2) is 24.3 Å². The molecule has 0 fully saturated rings. The van der Waals surface area contributed by atoms with Crippen molar-refractivity contribution in [3.05, 3.63) is 24.3 Å². The molecular formula is C74H140O6. The van der Waals surface area contributed by atoms with Crippen molar-refractivity contribution in [3.63, 3.8) is 0 Å². The lowest BCUT2D eigenvalue weighted by atomic mass is 10.0. The van der Waals surface area contributed by atoms with Crippen molar-refractivity contribution >= 4 is 17.9 Å². The molecule has 0 aliphatic heterocycles. The summed E-state index contributed by atoms with van der Waals surface area (Å²) in [5.41, 5.74) is 0. The number of carbonyl (C=O) groups excluding carboxylic acids is 3. The summed E-state index contributed by atoms with van der Waals surface area (Å²) in [5.74, 6) is -0.855. The van der Waals surface area contributed by atoms with Gasteiger partial charge in [0.15, 0.2) is 6.10 Å². The molecule has 80 heavy (non-hydrogen) atoms. The number of allylic oxidation sites excluding steroid dienone is 4. The van der Waals surface area contributed by atoms with Crippen LogP contribution in [0.2, 0.25) is 0 Å². The first kappa shape index (κ1) is 77.9. The van der Waals surface area contributed by atoms with E-state index in [9.17, 15) is 14.4 Å². The van der Waals surface area contributed by atoms with Crippen LogP contribution in [-0.4, -0.2) is 37.2 Å². The van der Waals surface area contributed by atoms with Crippen LogP contribution in [0, 0.1) is 0 Å². The van der Waals surface area contributed by atoms with Crippen LogP contribution in [0.3, 0.4) is 0 Å². The minimum absolute atomic E-state index is 0.0696. The first-order valence-electron chi connectivity index (χ1n) is 36.3. The quantitative estimate of drug-likeness (QED) is 0.0261. The Morgan fingerprint density at radius 3 is 0.738 bits per heavy atom. The molecule has 0 aliphatic rings. The van der Waals surface area contributed by atoms with Crippen molar-refractivity contribution in [2.24, 2.45) is 0 Å². The molecule has 0 spiro atoms. The first-order valence-corrected chi connectivity index (χ1v) is 36.3. The van der Waals surface area contributed by atoms with E-state index in [1.54, 1.807) is 0 Å². The first-order chi connectivity index (χ1) is 39.5. The lowest BCUT2D eigenvalue weighted by molar-refractivity contribution is -0.167. The van der Waals surface area contributed by atoms with Gasteiger partial charge in [0.05, 0.1) is 0 Å². The van der Waals surface area contributed by atoms with E-state index in [0.29, 0.717) is 19.3 Å². The zero-order chi connectivity index (χ0) is 57.8. The predicted octanol–water partition coefficient (Wildman–Crippen LogP) is 25.0. The zero-order valence-electron chi connectivity index (χ0n) is 54.4. The predicted molar refractivity (Wildman–Crippen MR) is 349 cm³/mol. The molecule has 0 aromatic carbocycles. The van der Waals surface area contributed by atoms with E-state index in [2.05, 4.69) is 45.1 Å². The Kier molecular flexibility index (Phi) is 67.6. The average molecular weight is 1130 g/mol. The average Bonchev–Trinajstić information content (AvgIpc) is 3.46. The van der Waals surface area contributed by atoms with Crippen molar-refractivity contribution in [2.45, 2.75) is 419 Å². The topological polar surface area (TPSA) is 78.9 Å². The smallest absolute Gasteiger partial charge is 0.306 e. The summed E-state index contributed by atoms with van der Waals surface area (Å²) < 4.78 is 17.0. The lowest BCUT2D eigenvalue weighted by Crippen LogP contribution is -2.30. The Morgan fingerprint density at radius 2 is 0.475 bits per heavy atom. The second-order valence-electron chi connectivity index (χ2n) is 24.9. The van der Waals surface area contributed by atoms with E-state index in [1.165, 1.54) is 289 Å². The molecule has 1 unspecified atom stereocenters. The summed E-state index contributed by atoms with van der Waals surface area (Å²) >= 11 is 0. The number of unbranched alkanes of at least 4 members (excludes halogenated alkanes) is 53. The van der Waals surface area contributed by atoms with Gasteiger partial charge in [0.25, 0.3) is 0 Å². The summed E-state index contributed by atoms with van der Waals surface area (Å²) in [7, 11) is 0. The SMILES string of the molecule is CCC/C=C\C/C=C\CCCCCCCC(=O)OCC(COC(=O)CCCCCCCCCCCCCCCCCCCCCCCCCCCCCCCCCCCC)OC(=O)CCCCCCCCCCCCCCCCC. The summed E-state index contributed by atoms with van der Waals surface area (Å²) in [5, 5.41) is 0. The van der Waals surface area contributed by atoms with Gasteiger partial charge in [0.1, 0.15) is 13.2 Å². The summed E-state index contributed by atoms with van der Waals surface area (Å²) in [6.07, 6.45) is 85.3. The molecule has 0 amide bonds. The van der Waals surface area contributed by atoms with Crippen molar-refractivity contribution < 1.29 is 28.6 Å². The van der Waals surface area contributed by atoms with Crippen molar-refractivity contribution in [3.8, 4) is 0 Å². The molecular weight excluding hydrogens is 985 g/mol. The molecule has 0 aromatic rings. The fraction of sp³-hybridized carbons (Fsp3) is 0.905. The van der Waals surface area contributed by atoms with Gasteiger partial charge < -0.3 is 14.2 Å². The van der Waals surface area contributed by atoms with Crippen LogP contribution in [0.25, 0.3) is 0 Å². The minimum Gasteiger partial charge on any atom is -0.462 e. The number of esters is 3. The zero-order valence-corrected chi connectivity index (χ0v) is 54.4. The molecule has 0 rings (SSSR count). The van der Waals surface area contributed by atoms with Crippen LogP contribution < -0.4 is 0 Å². The number of hydrogen-bond donors (Lipinski definition) is 0. The number of rotatable bonds is 68. The third-order valence-electron chi connectivity index (χ3n) is 16.7. The fourth-order valence-corrected chi connectivity index (χ4v) is 11.3. The molecule has 0 aliphatic carbocycles. The maximum Gasteiger partial charge on any atom is 0.306 e. The summed E-state index contributed by atoms with van der Waals surface area (Å²) in [6, 6.07) is 0. The molecule has 0 saturated heterocycles. The highest BCUT2D eigenvalue weighted by Crippen LogP contribution is 2.19. The van der Waals surface area contributed by atoms with Crippen molar-refractivity contribution in [2.75, 3.05) is 13.2 Å². The largest absolute Gasteiger partial charge is 0.462 e. The highest BCUT2D eigenvalue weighted by molar-refractivity contribution is 5.71. The van der Waals surface area contributed by atoms with Crippen LogP contribution >= 0.6 is 0 Å². The number of carbonyl (C=O) groups is 3. The highest BCUT2D eigenvalue weighted by atomic mass is 16.6. The minimum atomic E-state index is -0.773. The normalized spacial score (nSPS) is 12.1. The van der Waals surface area contributed by atoms with Gasteiger partial charge in [-0.2, -0.15) is 0 Å². The monoisotopic (exact) mass is 1130 g/mol. The second-order valence-corrected chi connectivity index (χ2v) is 24.9. The molecule has 6 nitrogen and oxygen atoms in total. The van der Waals surface area contributed by atoms with Crippen molar-refractivity contribution in [1.29, 1.82) is 0 Å². The van der Waals surface area contributed by atoms with Crippen LogP contribution in [0.5, 0.6) is 0 Å². The molecule has 1 atom stereocenters. The Labute approximate surface area is 500 Å². The van der Waals surface area contributed by atoms with Gasteiger partial charge in [-0.1, -0.05) is 373 Å². The number of hydrogen-bond acceptors (Lipinski definition) is 6. The van der Waals surface area contributed by atoms with Gasteiger partial charge in [-0.3, -0.25) is 14.4 Å². The standard InChI is InChI=1S/C74H140O6/c1-4-7-10-13-16-19-22-25-27-28-29-30-31-32-33-34-35-36-37-38-39-40-41-42-43-44-45-47-49-52-55-58-61-64-67-73(76)79-70-71(69-78-72(75)66-63-60-57-54-51-48-24-21-18-15-12-9-6-3)80-74(77)68-65-62-59-56-53-50-46-26-23-20-17-14-11-8-5-2/h12,15,21,24,71H,4-11,13-14,16-20,22-23,25-70H2,1-3H3/b15-12-,24-21-. The third-order valence-corrected chi connectivity index (χ3v) is 16.7. The number of ether oxygens (including phenoxy) is 3. The van der Waals surface area contributed by atoms with Gasteiger partial charge in [-0.15, -0.1) is 0 Å². The van der Waals surface area contributed by atoms with Crippen LogP contribution in [0.1, 0.15) is 412 Å². The maximum absolute atomic E-state index is 12.9. The van der Waals surface area contributed by atoms with Crippen molar-refractivity contribution in [1.82, 2.24) is 0 Å². The van der Waals surface area contributed by atoms with E-state index >= 15 is 0 Å². The van der Waals surface area contributed by atoms with E-state index in [-0.39, 0.29) is 31.1 Å². The highest BCUT2D eigenvalue weighted by Gasteiger charge is 2.19. The summed E-state index contributed by atoms with van der Waals surface area (Å²) in [6.45, 7) is 6.64. The Balaban J connectivity index is 4.04. The molecule has 0 radical (unpaired) electrons. The molecule has 0 bridgehead atoms. The Hall–Kier alpha value is -2.11. The Bertz CT molecular complexity index is 1290. The van der Waals surface area contributed by atoms with Gasteiger partial charge in [0, 0.05) is 19.3 Å². The molecule has 0 heterocycles. The van der Waals surface area contributed by atoms with Gasteiger partial charge in [-0.05, 0) is 44.9 Å². The summed E-state index contributed by atoms with van der Waals surface area (Å²) in [4.78, 5) is 38.3. The lowest BCUT2D eigenvalue weighted by Gasteiger charge is -2.18. The van der Waals surface area contributed by atoms with Crippen LogP contribution in [0.4, 0.5) is 0 Å². The molecule has 0 aromatic heterocycles. The molecule has 6 heteroatoms. The maximum atomic E-state index is 12.9. The Morgan fingerprint density at radius 1 is 0.250 bits per heavy atom. The molecule has 0 N–H and O–H groups in total. The van der Waals surface area contributed by atoms with Gasteiger partial charge >= 0.3 is 17.9 Å².